The van der Waals surface area contributed by atoms with Crippen molar-refractivity contribution in [3.05, 3.63) is 41.1 Å². The Bertz CT molecular complexity index is 664. The molecule has 0 atom stereocenters. The zero-order valence-electron chi connectivity index (χ0n) is 10.9. The van der Waals surface area contributed by atoms with Crippen LogP contribution in [0.1, 0.15) is 23.2 Å². The molecule has 0 amide bonds. The number of hydrogen-bond donors (Lipinski definition) is 0. The number of pyridine rings is 1. The third kappa shape index (κ3) is 1.47. The predicted molar refractivity (Wildman–Crippen MR) is 72.6 cm³/mol. The molecule has 1 aromatic carbocycles. The minimum atomic E-state index is 0.595. The highest BCUT2D eigenvalue weighted by molar-refractivity contribution is 5.81. The van der Waals surface area contributed by atoms with Gasteiger partial charge in [-0.15, -0.1) is 0 Å². The molecular weight excluding hydrogens is 238 g/mol. The van der Waals surface area contributed by atoms with Crippen molar-refractivity contribution in [2.24, 2.45) is 0 Å². The summed E-state index contributed by atoms with van der Waals surface area (Å²) < 4.78 is 11.5. The fraction of sp³-hybridized carbons (Fsp3) is 0.312. The van der Waals surface area contributed by atoms with Gasteiger partial charge in [0.05, 0.1) is 18.4 Å². The van der Waals surface area contributed by atoms with Crippen LogP contribution < -0.4 is 9.47 Å². The molecule has 0 unspecified atom stereocenters. The first-order valence-electron chi connectivity index (χ1n) is 6.69. The van der Waals surface area contributed by atoms with Crippen molar-refractivity contribution in [3.8, 4) is 22.8 Å². The Kier molecular flexibility index (Phi) is 2.28. The van der Waals surface area contributed by atoms with E-state index in [0.29, 0.717) is 6.61 Å². The summed E-state index contributed by atoms with van der Waals surface area (Å²) in [7, 11) is 1.74. The van der Waals surface area contributed by atoms with Gasteiger partial charge in [-0.2, -0.15) is 0 Å². The summed E-state index contributed by atoms with van der Waals surface area (Å²) in [5, 5.41) is 0. The highest BCUT2D eigenvalue weighted by Gasteiger charge is 2.28. The maximum Gasteiger partial charge on any atom is 0.225 e. The van der Waals surface area contributed by atoms with Crippen LogP contribution in [0.15, 0.2) is 24.3 Å². The lowest BCUT2D eigenvalue weighted by molar-refractivity contribution is 0.286. The van der Waals surface area contributed by atoms with Crippen LogP contribution in [0.2, 0.25) is 0 Å². The van der Waals surface area contributed by atoms with Gasteiger partial charge in [-0.25, -0.2) is 4.98 Å². The van der Waals surface area contributed by atoms with E-state index in [1.54, 1.807) is 7.11 Å². The second-order valence-corrected chi connectivity index (χ2v) is 5.05. The Morgan fingerprint density at radius 1 is 1.21 bits per heavy atom. The van der Waals surface area contributed by atoms with E-state index in [4.69, 9.17) is 14.5 Å². The van der Waals surface area contributed by atoms with Crippen LogP contribution in [-0.2, 0) is 19.4 Å². The summed E-state index contributed by atoms with van der Waals surface area (Å²) >= 11 is 0. The molecule has 1 aromatic heterocycles. The molecule has 19 heavy (non-hydrogen) atoms. The second-order valence-electron chi connectivity index (χ2n) is 5.05. The zero-order chi connectivity index (χ0) is 12.8. The Morgan fingerprint density at radius 3 is 3.00 bits per heavy atom. The topological polar surface area (TPSA) is 31.4 Å². The number of fused-ring (bicyclic) bond motifs is 4. The normalized spacial score (nSPS) is 15.2. The number of ether oxygens (including phenoxy) is 2. The molecule has 2 heterocycles. The molecule has 0 saturated heterocycles. The van der Waals surface area contributed by atoms with Gasteiger partial charge in [0.25, 0.3) is 0 Å². The van der Waals surface area contributed by atoms with Crippen molar-refractivity contribution in [1.29, 1.82) is 0 Å². The number of hydrogen-bond acceptors (Lipinski definition) is 3. The molecule has 0 N–H and O–H groups in total. The first-order chi connectivity index (χ1) is 9.38. The van der Waals surface area contributed by atoms with E-state index in [9.17, 15) is 0 Å². The minimum Gasteiger partial charge on any atom is -0.496 e. The van der Waals surface area contributed by atoms with Crippen LogP contribution in [0, 0.1) is 0 Å². The molecular formula is C16H15NO2. The molecule has 2 aliphatic rings. The summed E-state index contributed by atoms with van der Waals surface area (Å²) in [6, 6.07) is 8.33. The van der Waals surface area contributed by atoms with Gasteiger partial charge in [-0.05, 0) is 30.4 Å². The van der Waals surface area contributed by atoms with Gasteiger partial charge < -0.3 is 9.47 Å². The second kappa shape index (κ2) is 3.98. The van der Waals surface area contributed by atoms with E-state index in [2.05, 4.69) is 18.2 Å². The molecule has 3 nitrogen and oxygen atoms in total. The SMILES string of the molecule is COc1c2c(nc3c1-c1ccccc1CO3)CCC2. The molecule has 0 radical (unpaired) electrons. The van der Waals surface area contributed by atoms with E-state index >= 15 is 0 Å². The number of methoxy groups -OCH3 is 1. The third-order valence-electron chi connectivity index (χ3n) is 4.00. The maximum atomic E-state index is 5.83. The Hall–Kier alpha value is -2.03. The molecule has 3 heteroatoms. The van der Waals surface area contributed by atoms with Crippen molar-refractivity contribution in [2.75, 3.05) is 7.11 Å². The highest BCUT2D eigenvalue weighted by atomic mass is 16.5. The van der Waals surface area contributed by atoms with Gasteiger partial charge in [-0.3, -0.25) is 0 Å². The Labute approximate surface area is 112 Å². The molecule has 0 fully saturated rings. The Balaban J connectivity index is 2.04. The lowest BCUT2D eigenvalue weighted by atomic mass is 9.96. The van der Waals surface area contributed by atoms with Crippen molar-refractivity contribution in [2.45, 2.75) is 25.9 Å². The first kappa shape index (κ1) is 10.9. The van der Waals surface area contributed by atoms with E-state index in [-0.39, 0.29) is 0 Å². The molecule has 0 spiro atoms. The monoisotopic (exact) mass is 253 g/mol. The van der Waals surface area contributed by atoms with E-state index in [1.807, 2.05) is 6.07 Å². The molecule has 0 saturated carbocycles. The highest BCUT2D eigenvalue weighted by Crippen LogP contribution is 2.46. The molecule has 0 bridgehead atoms. The van der Waals surface area contributed by atoms with Crippen molar-refractivity contribution in [3.63, 3.8) is 0 Å². The quantitative estimate of drug-likeness (QED) is 0.782. The molecule has 96 valence electrons. The standard InChI is InChI=1S/C16H15NO2/c1-18-15-12-7-4-8-13(12)17-16-14(15)11-6-3-2-5-10(11)9-19-16/h2-3,5-6H,4,7-9H2,1H3. The van der Waals surface area contributed by atoms with Crippen molar-refractivity contribution < 1.29 is 9.47 Å². The summed E-state index contributed by atoms with van der Waals surface area (Å²) in [4.78, 5) is 4.70. The van der Waals surface area contributed by atoms with Crippen LogP contribution in [-0.4, -0.2) is 12.1 Å². The van der Waals surface area contributed by atoms with Crippen LogP contribution in [0.3, 0.4) is 0 Å². The summed E-state index contributed by atoms with van der Waals surface area (Å²) in [5.41, 5.74) is 5.84. The average molecular weight is 253 g/mol. The van der Waals surface area contributed by atoms with Gasteiger partial charge in [0, 0.05) is 5.56 Å². The fourth-order valence-corrected chi connectivity index (χ4v) is 3.13. The van der Waals surface area contributed by atoms with E-state index in [1.165, 1.54) is 16.7 Å². The Morgan fingerprint density at radius 2 is 2.11 bits per heavy atom. The number of aryl methyl sites for hydroxylation is 1. The lowest BCUT2D eigenvalue weighted by Gasteiger charge is -2.23. The van der Waals surface area contributed by atoms with Crippen LogP contribution >= 0.6 is 0 Å². The fourth-order valence-electron chi connectivity index (χ4n) is 3.13. The molecule has 1 aliphatic carbocycles. The molecule has 2 aromatic rings. The minimum absolute atomic E-state index is 0.595. The summed E-state index contributed by atoms with van der Waals surface area (Å²) in [6.07, 6.45) is 3.24. The van der Waals surface area contributed by atoms with Gasteiger partial charge >= 0.3 is 0 Å². The third-order valence-corrected chi connectivity index (χ3v) is 4.00. The van der Waals surface area contributed by atoms with Gasteiger partial charge in [0.1, 0.15) is 12.4 Å². The molecule has 4 rings (SSSR count). The van der Waals surface area contributed by atoms with Gasteiger partial charge in [-0.1, -0.05) is 24.3 Å². The van der Waals surface area contributed by atoms with Crippen LogP contribution in [0.4, 0.5) is 0 Å². The van der Waals surface area contributed by atoms with Crippen molar-refractivity contribution in [1.82, 2.24) is 4.98 Å². The summed E-state index contributed by atoms with van der Waals surface area (Å²) in [6.45, 7) is 0.595. The number of nitrogens with zero attached hydrogens (tertiary/aromatic N) is 1. The zero-order valence-corrected chi connectivity index (χ0v) is 10.9. The maximum absolute atomic E-state index is 5.83. The van der Waals surface area contributed by atoms with Crippen LogP contribution in [0.5, 0.6) is 11.6 Å². The van der Waals surface area contributed by atoms with Crippen LogP contribution in [0.25, 0.3) is 11.1 Å². The summed E-state index contributed by atoms with van der Waals surface area (Å²) in [5.74, 6) is 1.70. The number of benzene rings is 1. The average Bonchev–Trinajstić information content (AvgIpc) is 2.92. The van der Waals surface area contributed by atoms with Crippen molar-refractivity contribution >= 4 is 0 Å². The lowest BCUT2D eigenvalue weighted by Crippen LogP contribution is -2.10. The first-order valence-corrected chi connectivity index (χ1v) is 6.69. The largest absolute Gasteiger partial charge is 0.496 e. The van der Waals surface area contributed by atoms with Gasteiger partial charge in [0.15, 0.2) is 0 Å². The van der Waals surface area contributed by atoms with E-state index < -0.39 is 0 Å². The van der Waals surface area contributed by atoms with E-state index in [0.717, 1.165) is 42.1 Å². The smallest absolute Gasteiger partial charge is 0.225 e. The van der Waals surface area contributed by atoms with Gasteiger partial charge in [0.2, 0.25) is 5.88 Å². The predicted octanol–water partition coefficient (Wildman–Crippen LogP) is 3.14. The number of aromatic nitrogens is 1. The number of rotatable bonds is 1. The molecule has 1 aliphatic heterocycles.